The summed E-state index contributed by atoms with van der Waals surface area (Å²) in [6.45, 7) is 0. The molecule has 0 aliphatic heterocycles. The zero-order valence-corrected chi connectivity index (χ0v) is 33.0. The molecule has 8 nitrogen and oxygen atoms in total. The standard InChI is InChI=1S/C20H14Cl2FNO3S.C20H15Cl2NO3S/c21-14-9-15(22)16(23)8-12(14)13-10-28-19(18(13)20(26)27)24-17(25)7-6-11-4-2-1-3-5-11;21-13-7-8-14(16(22)10-13)15-11-27-19(18(15)20(25)26)23-17(24)9-6-12-4-2-1-3-5-12/h1-5,8-10H,6-7H2,(H,24,25)(H,26,27);1-5,7-8,10-11H,6,9H2,(H,23,24)(H,25,26). The Morgan fingerprint density at radius 2 is 1.02 bits per heavy atom. The van der Waals surface area contributed by atoms with E-state index in [1.807, 2.05) is 60.7 Å². The van der Waals surface area contributed by atoms with E-state index in [1.165, 1.54) is 11.4 Å². The van der Waals surface area contributed by atoms with Crippen LogP contribution >= 0.6 is 69.1 Å². The number of carbonyl (C=O) groups is 4. The summed E-state index contributed by atoms with van der Waals surface area (Å²) in [5, 5.41) is 29.1. The van der Waals surface area contributed by atoms with Gasteiger partial charge in [0.1, 0.15) is 26.9 Å². The zero-order valence-electron chi connectivity index (χ0n) is 28.4. The lowest BCUT2D eigenvalue weighted by Crippen LogP contribution is -2.14. The van der Waals surface area contributed by atoms with Gasteiger partial charge >= 0.3 is 11.9 Å². The van der Waals surface area contributed by atoms with Crippen molar-refractivity contribution in [1.82, 2.24) is 0 Å². The number of rotatable bonds is 12. The number of aromatic carboxylic acids is 2. The molecule has 2 heterocycles. The van der Waals surface area contributed by atoms with Gasteiger partial charge < -0.3 is 20.8 Å². The smallest absolute Gasteiger partial charge is 0.339 e. The fourth-order valence-corrected chi connectivity index (χ4v) is 8.27. The van der Waals surface area contributed by atoms with Crippen molar-refractivity contribution in [2.24, 2.45) is 0 Å². The van der Waals surface area contributed by atoms with Crippen molar-refractivity contribution < 1.29 is 33.8 Å². The minimum atomic E-state index is -1.25. The topological polar surface area (TPSA) is 133 Å². The van der Waals surface area contributed by atoms with E-state index >= 15 is 0 Å². The molecule has 0 aliphatic carbocycles. The molecule has 4 aromatic carbocycles. The van der Waals surface area contributed by atoms with Crippen molar-refractivity contribution in [3.05, 3.63) is 150 Å². The molecule has 6 rings (SSSR count). The van der Waals surface area contributed by atoms with Gasteiger partial charge in [-0.15, -0.1) is 22.7 Å². The lowest BCUT2D eigenvalue weighted by atomic mass is 10.0. The summed E-state index contributed by atoms with van der Waals surface area (Å²) in [6.07, 6.45) is 1.57. The molecule has 2 amide bonds. The molecule has 0 fully saturated rings. The quantitative estimate of drug-likeness (QED) is 0.0906. The number of nitrogens with one attached hydrogen (secondary N) is 2. The van der Waals surface area contributed by atoms with Crippen LogP contribution in [0.2, 0.25) is 20.1 Å². The summed E-state index contributed by atoms with van der Waals surface area (Å²) in [5.74, 6) is -3.64. The van der Waals surface area contributed by atoms with Gasteiger partial charge in [-0.2, -0.15) is 0 Å². The SMILES string of the molecule is O=C(CCc1ccccc1)Nc1scc(-c2cc(F)c(Cl)cc2Cl)c1C(=O)O.O=C(CCc1ccccc1)Nc1scc(-c2ccc(Cl)cc2Cl)c1C(=O)O. The highest BCUT2D eigenvalue weighted by Gasteiger charge is 2.24. The van der Waals surface area contributed by atoms with Gasteiger partial charge in [0.25, 0.3) is 0 Å². The van der Waals surface area contributed by atoms with Crippen molar-refractivity contribution in [2.45, 2.75) is 25.7 Å². The summed E-state index contributed by atoms with van der Waals surface area (Å²) < 4.78 is 13.9. The molecule has 282 valence electrons. The molecule has 0 atom stereocenters. The first-order valence-corrected chi connectivity index (χ1v) is 19.6. The Bertz CT molecular complexity index is 2350. The van der Waals surface area contributed by atoms with Gasteiger partial charge in [-0.25, -0.2) is 14.0 Å². The molecule has 0 spiro atoms. The fraction of sp³-hybridized carbons (Fsp3) is 0.100. The minimum absolute atomic E-state index is 0.0253. The highest BCUT2D eigenvalue weighted by molar-refractivity contribution is 7.15. The molecule has 0 aliphatic rings. The van der Waals surface area contributed by atoms with Crippen molar-refractivity contribution in [3.8, 4) is 22.3 Å². The summed E-state index contributed by atoms with van der Waals surface area (Å²) in [4.78, 5) is 48.1. The molecule has 0 unspecified atom stereocenters. The zero-order chi connectivity index (χ0) is 39.6. The fourth-order valence-electron chi connectivity index (χ4n) is 5.34. The van der Waals surface area contributed by atoms with Crippen LogP contribution in [0.25, 0.3) is 22.3 Å². The Morgan fingerprint density at radius 3 is 1.47 bits per heavy atom. The number of amides is 2. The maximum absolute atomic E-state index is 13.9. The van der Waals surface area contributed by atoms with Crippen LogP contribution in [0.3, 0.4) is 0 Å². The minimum Gasteiger partial charge on any atom is -0.478 e. The van der Waals surface area contributed by atoms with E-state index in [0.717, 1.165) is 39.9 Å². The Hall–Kier alpha value is -4.75. The Balaban J connectivity index is 0.000000211. The number of benzene rings is 4. The molecule has 2 aromatic heterocycles. The van der Waals surface area contributed by atoms with Crippen LogP contribution in [0, 0.1) is 5.82 Å². The van der Waals surface area contributed by atoms with E-state index in [9.17, 15) is 33.8 Å². The van der Waals surface area contributed by atoms with E-state index in [1.54, 1.807) is 23.6 Å². The number of aryl methyl sites for hydroxylation is 2. The van der Waals surface area contributed by atoms with Crippen molar-refractivity contribution in [3.63, 3.8) is 0 Å². The molecule has 4 N–H and O–H groups in total. The van der Waals surface area contributed by atoms with Gasteiger partial charge in [-0.3, -0.25) is 9.59 Å². The molecular formula is C40H29Cl4FN2O6S2. The second-order valence-corrected chi connectivity index (χ2v) is 15.2. The molecule has 0 saturated carbocycles. The number of carboxylic acid groups (broad SMARTS) is 2. The molecule has 0 bridgehead atoms. The van der Waals surface area contributed by atoms with E-state index in [2.05, 4.69) is 10.6 Å². The maximum atomic E-state index is 13.9. The van der Waals surface area contributed by atoms with Crippen molar-refractivity contribution >= 4 is 103 Å². The van der Waals surface area contributed by atoms with E-state index in [4.69, 9.17) is 46.4 Å². The van der Waals surface area contributed by atoms with Gasteiger partial charge in [-0.1, -0.05) is 113 Å². The number of carboxylic acids is 2. The third kappa shape index (κ3) is 10.9. The van der Waals surface area contributed by atoms with Crippen LogP contribution in [0.1, 0.15) is 44.7 Å². The van der Waals surface area contributed by atoms with Crippen LogP contribution in [0.5, 0.6) is 0 Å². The third-order valence-electron chi connectivity index (χ3n) is 8.00. The molecule has 15 heteroatoms. The third-order valence-corrected chi connectivity index (χ3v) is 10.9. The lowest BCUT2D eigenvalue weighted by molar-refractivity contribution is -0.117. The van der Waals surface area contributed by atoms with Crippen molar-refractivity contribution in [2.75, 3.05) is 10.6 Å². The first-order valence-electron chi connectivity index (χ1n) is 16.3. The van der Waals surface area contributed by atoms with Gasteiger partial charge in [0, 0.05) is 55.9 Å². The summed E-state index contributed by atoms with van der Waals surface area (Å²) >= 11 is 26.1. The number of halogens is 5. The first kappa shape index (κ1) is 41.4. The Labute approximate surface area is 343 Å². The van der Waals surface area contributed by atoms with E-state index in [0.29, 0.717) is 39.0 Å². The molecule has 6 aromatic rings. The number of hydrogen-bond donors (Lipinski definition) is 4. The summed E-state index contributed by atoms with van der Waals surface area (Å²) in [5.41, 5.74) is 3.36. The van der Waals surface area contributed by atoms with Gasteiger partial charge in [0.05, 0.1) is 10.0 Å². The van der Waals surface area contributed by atoms with E-state index in [-0.39, 0.29) is 62.0 Å². The summed E-state index contributed by atoms with van der Waals surface area (Å²) in [7, 11) is 0. The predicted octanol–water partition coefficient (Wildman–Crippen LogP) is 12.1. The summed E-state index contributed by atoms with van der Waals surface area (Å²) in [6, 6.07) is 26.3. The number of hydrogen-bond acceptors (Lipinski definition) is 6. The highest BCUT2D eigenvalue weighted by Crippen LogP contribution is 2.41. The molecule has 55 heavy (non-hydrogen) atoms. The van der Waals surface area contributed by atoms with Crippen LogP contribution in [-0.4, -0.2) is 34.0 Å². The number of thiophene rings is 2. The van der Waals surface area contributed by atoms with Crippen LogP contribution in [0.4, 0.5) is 14.4 Å². The Kier molecular flexibility index (Phi) is 14.5. The van der Waals surface area contributed by atoms with Crippen LogP contribution in [-0.2, 0) is 22.4 Å². The second-order valence-electron chi connectivity index (χ2n) is 11.8. The molecule has 0 radical (unpaired) electrons. The van der Waals surface area contributed by atoms with Gasteiger partial charge in [0.2, 0.25) is 11.8 Å². The van der Waals surface area contributed by atoms with E-state index < -0.39 is 17.8 Å². The lowest BCUT2D eigenvalue weighted by Gasteiger charge is -2.08. The molecular weight excluding hydrogens is 829 g/mol. The van der Waals surface area contributed by atoms with Crippen LogP contribution in [0.15, 0.2) is 102 Å². The average molecular weight is 859 g/mol. The largest absolute Gasteiger partial charge is 0.478 e. The van der Waals surface area contributed by atoms with Gasteiger partial charge in [-0.05, 0) is 48.2 Å². The first-order chi connectivity index (χ1) is 26.3. The monoisotopic (exact) mass is 856 g/mol. The predicted molar refractivity (Wildman–Crippen MR) is 220 cm³/mol. The average Bonchev–Trinajstić information content (AvgIpc) is 3.77. The van der Waals surface area contributed by atoms with Gasteiger partial charge in [0.15, 0.2) is 0 Å². The highest BCUT2D eigenvalue weighted by atomic mass is 35.5. The molecule has 0 saturated heterocycles. The van der Waals surface area contributed by atoms with Crippen LogP contribution < -0.4 is 10.6 Å². The number of anilines is 2. The Morgan fingerprint density at radius 1 is 0.564 bits per heavy atom. The number of carbonyl (C=O) groups excluding carboxylic acids is 2. The second kappa shape index (κ2) is 19.2. The maximum Gasteiger partial charge on any atom is 0.339 e. The normalized spacial score (nSPS) is 10.6. The van der Waals surface area contributed by atoms with Crippen molar-refractivity contribution in [1.29, 1.82) is 0 Å².